The SMILES string of the molecule is Cc1ccccc1S(=O)(=O)N1CCOC(C(N)=NO)C1. The van der Waals surface area contributed by atoms with Gasteiger partial charge in [0.2, 0.25) is 10.0 Å². The van der Waals surface area contributed by atoms with Crippen molar-refractivity contribution in [3.63, 3.8) is 0 Å². The Hall–Kier alpha value is -1.64. The Kier molecular flexibility index (Phi) is 4.26. The highest BCUT2D eigenvalue weighted by molar-refractivity contribution is 7.89. The van der Waals surface area contributed by atoms with E-state index in [9.17, 15) is 8.42 Å². The highest BCUT2D eigenvalue weighted by atomic mass is 32.2. The molecule has 0 bridgehead atoms. The molecule has 1 aromatic rings. The van der Waals surface area contributed by atoms with Crippen molar-refractivity contribution in [1.82, 2.24) is 4.31 Å². The molecular formula is C12H17N3O4S. The summed E-state index contributed by atoms with van der Waals surface area (Å²) in [7, 11) is -3.61. The number of nitrogens with two attached hydrogens (primary N) is 1. The van der Waals surface area contributed by atoms with Crippen molar-refractivity contribution in [1.29, 1.82) is 0 Å². The molecule has 1 atom stereocenters. The van der Waals surface area contributed by atoms with Crippen LogP contribution in [0.15, 0.2) is 34.3 Å². The topological polar surface area (TPSA) is 105 Å². The van der Waals surface area contributed by atoms with Gasteiger partial charge in [-0.2, -0.15) is 4.31 Å². The molecule has 0 radical (unpaired) electrons. The van der Waals surface area contributed by atoms with Gasteiger partial charge in [0, 0.05) is 13.1 Å². The summed E-state index contributed by atoms with van der Waals surface area (Å²) < 4.78 is 31.8. The number of benzene rings is 1. The maximum absolute atomic E-state index is 12.6. The van der Waals surface area contributed by atoms with Gasteiger partial charge in [0.15, 0.2) is 5.84 Å². The smallest absolute Gasteiger partial charge is 0.243 e. The number of hydrogen-bond donors (Lipinski definition) is 2. The average Bonchev–Trinajstić information content (AvgIpc) is 2.47. The monoisotopic (exact) mass is 299 g/mol. The Morgan fingerprint density at radius 2 is 2.20 bits per heavy atom. The van der Waals surface area contributed by atoms with E-state index in [1.54, 1.807) is 31.2 Å². The maximum Gasteiger partial charge on any atom is 0.243 e. The molecule has 0 aliphatic carbocycles. The fourth-order valence-electron chi connectivity index (χ4n) is 2.07. The summed E-state index contributed by atoms with van der Waals surface area (Å²) in [5.74, 6) is -0.130. The quantitative estimate of drug-likeness (QED) is 0.357. The van der Waals surface area contributed by atoms with Gasteiger partial charge in [0.05, 0.1) is 11.5 Å². The van der Waals surface area contributed by atoms with E-state index < -0.39 is 16.1 Å². The van der Waals surface area contributed by atoms with Crippen molar-refractivity contribution < 1.29 is 18.4 Å². The van der Waals surface area contributed by atoms with Gasteiger partial charge in [-0.25, -0.2) is 8.42 Å². The Morgan fingerprint density at radius 1 is 1.50 bits per heavy atom. The molecule has 2 rings (SSSR count). The number of amidine groups is 1. The second-order valence-electron chi connectivity index (χ2n) is 4.51. The van der Waals surface area contributed by atoms with Crippen LogP contribution in [0, 0.1) is 6.92 Å². The van der Waals surface area contributed by atoms with Crippen LogP contribution in [-0.2, 0) is 14.8 Å². The highest BCUT2D eigenvalue weighted by Crippen LogP contribution is 2.21. The fraction of sp³-hybridized carbons (Fsp3) is 0.417. The number of nitrogens with zero attached hydrogens (tertiary/aromatic N) is 2. The second-order valence-corrected chi connectivity index (χ2v) is 6.42. The molecule has 1 fully saturated rings. The molecule has 0 aromatic heterocycles. The molecule has 0 spiro atoms. The standard InChI is InChI=1S/C12H17N3O4S/c1-9-4-2-3-5-11(9)20(17,18)15-6-7-19-10(8-15)12(13)14-16/h2-5,10,16H,6-8H2,1H3,(H2,13,14). The minimum atomic E-state index is -3.61. The predicted molar refractivity (Wildman–Crippen MR) is 73.1 cm³/mol. The van der Waals surface area contributed by atoms with Gasteiger partial charge in [0.1, 0.15) is 6.10 Å². The molecular weight excluding hydrogens is 282 g/mol. The van der Waals surface area contributed by atoms with E-state index in [1.165, 1.54) is 4.31 Å². The third kappa shape index (κ3) is 2.77. The van der Waals surface area contributed by atoms with Crippen molar-refractivity contribution in [3.05, 3.63) is 29.8 Å². The number of rotatable bonds is 3. The maximum atomic E-state index is 12.6. The van der Waals surface area contributed by atoms with Crippen LogP contribution in [0.4, 0.5) is 0 Å². The van der Waals surface area contributed by atoms with E-state index in [0.717, 1.165) is 0 Å². The normalized spacial score (nSPS) is 21.9. The molecule has 0 saturated carbocycles. The van der Waals surface area contributed by atoms with Crippen LogP contribution in [0.3, 0.4) is 0 Å². The first kappa shape index (κ1) is 14.8. The van der Waals surface area contributed by atoms with Gasteiger partial charge >= 0.3 is 0 Å². The van der Waals surface area contributed by atoms with Crippen LogP contribution in [-0.4, -0.2) is 49.6 Å². The molecule has 1 aliphatic rings. The lowest BCUT2D eigenvalue weighted by atomic mass is 10.2. The van der Waals surface area contributed by atoms with Gasteiger partial charge in [-0.3, -0.25) is 0 Å². The van der Waals surface area contributed by atoms with E-state index in [0.29, 0.717) is 5.56 Å². The van der Waals surface area contributed by atoms with E-state index in [4.69, 9.17) is 15.7 Å². The van der Waals surface area contributed by atoms with E-state index in [2.05, 4.69) is 5.16 Å². The molecule has 7 nitrogen and oxygen atoms in total. The summed E-state index contributed by atoms with van der Waals surface area (Å²) in [5, 5.41) is 11.5. The van der Waals surface area contributed by atoms with Crippen molar-refractivity contribution in [2.24, 2.45) is 10.9 Å². The van der Waals surface area contributed by atoms with E-state index >= 15 is 0 Å². The average molecular weight is 299 g/mol. The largest absolute Gasteiger partial charge is 0.409 e. The summed E-state index contributed by atoms with van der Waals surface area (Å²) >= 11 is 0. The Balaban J connectivity index is 2.29. The van der Waals surface area contributed by atoms with Gasteiger partial charge in [-0.05, 0) is 18.6 Å². The number of hydrogen-bond acceptors (Lipinski definition) is 5. The van der Waals surface area contributed by atoms with Crippen molar-refractivity contribution in [2.45, 2.75) is 17.9 Å². The van der Waals surface area contributed by atoms with Crippen LogP contribution in [0.1, 0.15) is 5.56 Å². The van der Waals surface area contributed by atoms with Crippen molar-refractivity contribution in [2.75, 3.05) is 19.7 Å². The van der Waals surface area contributed by atoms with Gasteiger partial charge in [0.25, 0.3) is 0 Å². The molecule has 8 heteroatoms. The number of morpholine rings is 1. The molecule has 0 amide bonds. The molecule has 1 saturated heterocycles. The Morgan fingerprint density at radius 3 is 2.85 bits per heavy atom. The first-order valence-corrected chi connectivity index (χ1v) is 7.55. The third-order valence-corrected chi connectivity index (χ3v) is 5.21. The van der Waals surface area contributed by atoms with E-state index in [-0.39, 0.29) is 30.4 Å². The van der Waals surface area contributed by atoms with Gasteiger partial charge in [-0.1, -0.05) is 23.4 Å². The number of ether oxygens (including phenoxy) is 1. The zero-order chi connectivity index (χ0) is 14.8. The third-order valence-electron chi connectivity index (χ3n) is 3.19. The zero-order valence-corrected chi connectivity index (χ0v) is 11.9. The highest BCUT2D eigenvalue weighted by Gasteiger charge is 2.33. The summed E-state index contributed by atoms with van der Waals surface area (Å²) in [4.78, 5) is 0.264. The summed E-state index contributed by atoms with van der Waals surface area (Å²) in [6, 6.07) is 6.78. The van der Waals surface area contributed by atoms with Crippen LogP contribution in [0.5, 0.6) is 0 Å². The van der Waals surface area contributed by atoms with Crippen LogP contribution in [0.25, 0.3) is 0 Å². The molecule has 1 unspecified atom stereocenters. The molecule has 3 N–H and O–H groups in total. The number of aryl methyl sites for hydroxylation is 1. The molecule has 1 aliphatic heterocycles. The van der Waals surface area contributed by atoms with Crippen molar-refractivity contribution in [3.8, 4) is 0 Å². The van der Waals surface area contributed by atoms with Crippen LogP contribution >= 0.6 is 0 Å². The van der Waals surface area contributed by atoms with Crippen LogP contribution < -0.4 is 5.73 Å². The second kappa shape index (κ2) is 5.78. The molecule has 20 heavy (non-hydrogen) atoms. The molecule has 110 valence electrons. The first-order chi connectivity index (χ1) is 9.46. The predicted octanol–water partition coefficient (Wildman–Crippen LogP) is 0.131. The first-order valence-electron chi connectivity index (χ1n) is 6.11. The minimum absolute atomic E-state index is 0.0343. The summed E-state index contributed by atoms with van der Waals surface area (Å²) in [5.41, 5.74) is 6.16. The van der Waals surface area contributed by atoms with Crippen LogP contribution in [0.2, 0.25) is 0 Å². The Bertz CT molecular complexity index is 615. The fourth-order valence-corrected chi connectivity index (χ4v) is 3.72. The molecule has 1 heterocycles. The number of oxime groups is 1. The lowest BCUT2D eigenvalue weighted by Crippen LogP contribution is -2.50. The number of sulfonamides is 1. The van der Waals surface area contributed by atoms with E-state index in [1.807, 2.05) is 0 Å². The molecule has 1 aromatic carbocycles. The Labute approximate surface area is 117 Å². The van der Waals surface area contributed by atoms with Gasteiger partial charge in [-0.15, -0.1) is 0 Å². The lowest BCUT2D eigenvalue weighted by Gasteiger charge is -2.31. The van der Waals surface area contributed by atoms with Crippen molar-refractivity contribution >= 4 is 15.9 Å². The lowest BCUT2D eigenvalue weighted by molar-refractivity contribution is 0.0355. The minimum Gasteiger partial charge on any atom is -0.409 e. The summed E-state index contributed by atoms with van der Waals surface area (Å²) in [6.45, 7) is 2.22. The summed E-state index contributed by atoms with van der Waals surface area (Å²) in [6.07, 6.45) is -0.729. The van der Waals surface area contributed by atoms with Gasteiger partial charge < -0.3 is 15.7 Å². The zero-order valence-electron chi connectivity index (χ0n) is 11.1.